The Kier molecular flexibility index (Phi) is 9.68. The van der Waals surface area contributed by atoms with Gasteiger partial charge >= 0.3 is 6.09 Å². The van der Waals surface area contributed by atoms with Crippen molar-refractivity contribution in [3.8, 4) is 0 Å². The number of nitrogens with one attached hydrogen (secondary N) is 2. The van der Waals surface area contributed by atoms with E-state index in [1.54, 1.807) is 0 Å². The van der Waals surface area contributed by atoms with E-state index in [1.165, 1.54) is 0 Å². The molecule has 0 saturated heterocycles. The van der Waals surface area contributed by atoms with Crippen molar-refractivity contribution >= 4 is 11.8 Å². The highest BCUT2D eigenvalue weighted by Gasteiger charge is 2.01. The molecule has 0 aromatic heterocycles. The number of hydrogen-bond acceptors (Lipinski definition) is 5. The lowest BCUT2D eigenvalue weighted by Crippen LogP contribution is -2.28. The molecule has 6 nitrogen and oxygen atoms in total. The maximum Gasteiger partial charge on any atom is 0.407 e. The Balaban J connectivity index is 1.36. The quantitative estimate of drug-likeness (QED) is 0.571. The fraction of sp³-hybridized carbons (Fsp3) is 0.350. The highest BCUT2D eigenvalue weighted by molar-refractivity contribution is 5.67. The maximum atomic E-state index is 11.5. The lowest BCUT2D eigenvalue weighted by Gasteiger charge is -2.09. The minimum Gasteiger partial charge on any atom is -0.445 e. The summed E-state index contributed by atoms with van der Waals surface area (Å²) < 4.78 is 16.0. The van der Waals surface area contributed by atoms with Crippen LogP contribution in [0.4, 0.5) is 10.5 Å². The van der Waals surface area contributed by atoms with E-state index in [1.807, 2.05) is 60.7 Å². The van der Waals surface area contributed by atoms with E-state index in [-0.39, 0.29) is 6.61 Å². The Morgan fingerprint density at radius 1 is 0.769 bits per heavy atom. The zero-order valence-corrected chi connectivity index (χ0v) is 14.9. The van der Waals surface area contributed by atoms with Gasteiger partial charge in [-0.1, -0.05) is 48.5 Å². The van der Waals surface area contributed by atoms with E-state index in [2.05, 4.69) is 10.6 Å². The van der Waals surface area contributed by atoms with E-state index < -0.39 is 6.09 Å². The molecule has 2 aromatic carbocycles. The molecule has 140 valence electrons. The van der Waals surface area contributed by atoms with Gasteiger partial charge in [0.25, 0.3) is 0 Å². The first kappa shape index (κ1) is 19.8. The average molecular weight is 358 g/mol. The zero-order valence-electron chi connectivity index (χ0n) is 14.9. The Morgan fingerprint density at radius 3 is 2.08 bits per heavy atom. The van der Waals surface area contributed by atoms with Crippen LogP contribution in [-0.4, -0.2) is 45.6 Å². The number of hydrogen-bond donors (Lipinski definition) is 2. The second kappa shape index (κ2) is 12.7. The summed E-state index contributed by atoms with van der Waals surface area (Å²) in [6.07, 6.45) is -0.444. The molecule has 0 spiro atoms. The number of alkyl carbamates (subject to hydrolysis) is 1. The van der Waals surface area contributed by atoms with E-state index in [4.69, 9.17) is 14.2 Å². The van der Waals surface area contributed by atoms with Crippen LogP contribution in [0.1, 0.15) is 5.56 Å². The summed E-state index contributed by atoms with van der Waals surface area (Å²) in [6.45, 7) is 3.47. The monoisotopic (exact) mass is 358 g/mol. The summed E-state index contributed by atoms with van der Waals surface area (Å²) in [4.78, 5) is 11.5. The molecular weight excluding hydrogens is 332 g/mol. The van der Waals surface area contributed by atoms with E-state index >= 15 is 0 Å². The average Bonchev–Trinajstić information content (AvgIpc) is 2.69. The topological polar surface area (TPSA) is 68.8 Å². The van der Waals surface area contributed by atoms with Crippen molar-refractivity contribution < 1.29 is 19.0 Å². The van der Waals surface area contributed by atoms with Gasteiger partial charge in [0.05, 0.1) is 26.4 Å². The first-order chi connectivity index (χ1) is 12.8. The fourth-order valence-electron chi connectivity index (χ4n) is 2.14. The molecule has 0 radical (unpaired) electrons. The first-order valence-corrected chi connectivity index (χ1v) is 8.73. The molecule has 2 N–H and O–H groups in total. The van der Waals surface area contributed by atoms with Gasteiger partial charge in [-0.25, -0.2) is 4.79 Å². The van der Waals surface area contributed by atoms with Crippen LogP contribution in [0.25, 0.3) is 0 Å². The molecule has 6 heteroatoms. The summed E-state index contributed by atoms with van der Waals surface area (Å²) in [6, 6.07) is 19.5. The van der Waals surface area contributed by atoms with Gasteiger partial charge in [-0.2, -0.15) is 0 Å². The third-order valence-corrected chi connectivity index (χ3v) is 3.45. The molecule has 0 fully saturated rings. The molecular formula is C20H26N2O4. The highest BCUT2D eigenvalue weighted by Crippen LogP contribution is 2.03. The third kappa shape index (κ3) is 9.05. The summed E-state index contributed by atoms with van der Waals surface area (Å²) in [7, 11) is 0. The van der Waals surface area contributed by atoms with Crippen LogP contribution in [0.15, 0.2) is 60.7 Å². The Hall–Kier alpha value is -2.57. The fourth-order valence-corrected chi connectivity index (χ4v) is 2.14. The molecule has 26 heavy (non-hydrogen) atoms. The summed E-state index contributed by atoms with van der Waals surface area (Å²) in [5.74, 6) is 0. The number of amides is 1. The van der Waals surface area contributed by atoms with E-state index in [0.29, 0.717) is 33.0 Å². The number of rotatable bonds is 12. The predicted molar refractivity (Wildman–Crippen MR) is 101 cm³/mol. The molecule has 0 aliphatic rings. The van der Waals surface area contributed by atoms with Crippen molar-refractivity contribution in [2.24, 2.45) is 0 Å². The lowest BCUT2D eigenvalue weighted by atomic mass is 10.2. The minimum atomic E-state index is -0.444. The van der Waals surface area contributed by atoms with Gasteiger partial charge < -0.3 is 24.8 Å². The molecule has 0 heterocycles. The zero-order chi connectivity index (χ0) is 18.3. The van der Waals surface area contributed by atoms with Crippen LogP contribution in [0, 0.1) is 0 Å². The molecule has 2 rings (SSSR count). The Labute approximate surface area is 154 Å². The van der Waals surface area contributed by atoms with Crippen LogP contribution < -0.4 is 10.6 Å². The SMILES string of the molecule is O=C(NCCOCCOCCNc1ccccc1)OCc1ccccc1. The molecule has 0 unspecified atom stereocenters. The van der Waals surface area contributed by atoms with E-state index in [9.17, 15) is 4.79 Å². The molecule has 0 atom stereocenters. The van der Waals surface area contributed by atoms with Gasteiger partial charge in [0, 0.05) is 18.8 Å². The minimum absolute atomic E-state index is 0.262. The van der Waals surface area contributed by atoms with Crippen molar-refractivity contribution in [1.82, 2.24) is 5.32 Å². The number of anilines is 1. The third-order valence-electron chi connectivity index (χ3n) is 3.45. The number of benzene rings is 2. The molecule has 0 aliphatic heterocycles. The van der Waals surface area contributed by atoms with Gasteiger partial charge in [0.2, 0.25) is 0 Å². The van der Waals surface area contributed by atoms with Gasteiger partial charge in [0.1, 0.15) is 6.61 Å². The predicted octanol–water partition coefficient (Wildman–Crippen LogP) is 3.06. The second-order valence-electron chi connectivity index (χ2n) is 5.51. The summed E-state index contributed by atoms with van der Waals surface area (Å²) in [5, 5.41) is 5.91. The van der Waals surface area contributed by atoms with Crippen molar-refractivity contribution in [3.63, 3.8) is 0 Å². The van der Waals surface area contributed by atoms with Crippen molar-refractivity contribution in [2.45, 2.75) is 6.61 Å². The highest BCUT2D eigenvalue weighted by atomic mass is 16.5. The molecule has 0 bridgehead atoms. The van der Waals surface area contributed by atoms with Gasteiger partial charge in [-0.05, 0) is 17.7 Å². The van der Waals surface area contributed by atoms with Gasteiger partial charge in [-0.3, -0.25) is 0 Å². The summed E-state index contributed by atoms with van der Waals surface area (Å²) in [5.41, 5.74) is 2.04. The smallest absolute Gasteiger partial charge is 0.407 e. The normalized spacial score (nSPS) is 10.3. The molecule has 1 amide bonds. The van der Waals surface area contributed by atoms with Crippen LogP contribution >= 0.6 is 0 Å². The van der Waals surface area contributed by atoms with Crippen LogP contribution in [0.5, 0.6) is 0 Å². The largest absolute Gasteiger partial charge is 0.445 e. The number of para-hydroxylation sites is 1. The number of carbonyl (C=O) groups excluding carboxylic acids is 1. The molecule has 0 aliphatic carbocycles. The van der Waals surface area contributed by atoms with Crippen LogP contribution in [0.3, 0.4) is 0 Å². The molecule has 0 saturated carbocycles. The Morgan fingerprint density at radius 2 is 1.38 bits per heavy atom. The van der Waals surface area contributed by atoms with Crippen molar-refractivity contribution in [1.29, 1.82) is 0 Å². The number of carbonyl (C=O) groups is 1. The van der Waals surface area contributed by atoms with Gasteiger partial charge in [-0.15, -0.1) is 0 Å². The van der Waals surface area contributed by atoms with Crippen LogP contribution in [-0.2, 0) is 20.8 Å². The Bertz CT molecular complexity index is 608. The lowest BCUT2D eigenvalue weighted by molar-refractivity contribution is 0.0519. The second-order valence-corrected chi connectivity index (χ2v) is 5.51. The van der Waals surface area contributed by atoms with Crippen molar-refractivity contribution in [2.75, 3.05) is 44.8 Å². The van der Waals surface area contributed by atoms with Crippen LogP contribution in [0.2, 0.25) is 0 Å². The number of ether oxygens (including phenoxy) is 3. The molecule has 2 aromatic rings. The summed E-state index contributed by atoms with van der Waals surface area (Å²) >= 11 is 0. The first-order valence-electron chi connectivity index (χ1n) is 8.73. The van der Waals surface area contributed by atoms with Crippen molar-refractivity contribution in [3.05, 3.63) is 66.2 Å². The van der Waals surface area contributed by atoms with E-state index in [0.717, 1.165) is 17.8 Å². The standard InChI is InChI=1S/C20H26N2O4/c23-20(26-17-18-7-3-1-4-8-18)22-12-14-25-16-15-24-13-11-21-19-9-5-2-6-10-19/h1-10,21H,11-17H2,(H,22,23). The van der Waals surface area contributed by atoms with Gasteiger partial charge in [0.15, 0.2) is 0 Å². The maximum absolute atomic E-state index is 11.5.